The van der Waals surface area contributed by atoms with Crippen molar-refractivity contribution in [2.24, 2.45) is 10.8 Å². The highest BCUT2D eigenvalue weighted by Crippen LogP contribution is 2.22. The molecule has 3 aromatic heterocycles. The van der Waals surface area contributed by atoms with Gasteiger partial charge in [0.05, 0.1) is 17.1 Å². The van der Waals surface area contributed by atoms with E-state index in [-0.39, 0.29) is 11.6 Å². The summed E-state index contributed by atoms with van der Waals surface area (Å²) in [6, 6.07) is 17.0. The largest absolute Gasteiger partial charge is 0.292 e. The van der Waals surface area contributed by atoms with E-state index in [2.05, 4.69) is 19.9 Å². The van der Waals surface area contributed by atoms with Crippen LogP contribution in [-0.2, 0) is 19.6 Å². The van der Waals surface area contributed by atoms with Crippen LogP contribution in [0, 0.1) is 10.8 Å². The van der Waals surface area contributed by atoms with Gasteiger partial charge in [-0.2, -0.15) is 0 Å². The van der Waals surface area contributed by atoms with Gasteiger partial charge < -0.3 is 0 Å². The van der Waals surface area contributed by atoms with E-state index in [1.807, 2.05) is 84.0 Å². The molecule has 0 spiro atoms. The van der Waals surface area contributed by atoms with Crippen molar-refractivity contribution in [2.45, 2.75) is 61.2 Å². The molecule has 0 amide bonds. The highest BCUT2D eigenvalue weighted by Gasteiger charge is 2.25. The van der Waals surface area contributed by atoms with Crippen molar-refractivity contribution < 1.29 is 9.59 Å². The molecule has 0 aromatic carbocycles. The minimum absolute atomic E-state index is 0.0145. The molecule has 178 valence electrons. The molecule has 0 aliphatic heterocycles. The second-order valence-corrected chi connectivity index (χ2v) is 10.7. The molecule has 3 rings (SSSR count). The van der Waals surface area contributed by atoms with Gasteiger partial charge in [-0.05, 0) is 36.4 Å². The quantitative estimate of drug-likeness (QED) is 0.413. The molecule has 0 fully saturated rings. The Labute approximate surface area is 202 Å². The second kappa shape index (κ2) is 10.3. The summed E-state index contributed by atoms with van der Waals surface area (Å²) in [6.07, 6.45) is 1.77. The van der Waals surface area contributed by atoms with Crippen molar-refractivity contribution in [3.8, 4) is 0 Å². The molecule has 6 heteroatoms. The van der Waals surface area contributed by atoms with Gasteiger partial charge in [0.2, 0.25) is 0 Å². The lowest BCUT2D eigenvalue weighted by Crippen LogP contribution is -2.26. The number of aromatic nitrogens is 3. The number of hydrogen-bond donors (Lipinski definition) is 0. The van der Waals surface area contributed by atoms with Crippen molar-refractivity contribution in [1.82, 2.24) is 19.9 Å². The van der Waals surface area contributed by atoms with Crippen molar-refractivity contribution >= 4 is 11.6 Å². The van der Waals surface area contributed by atoms with Crippen LogP contribution in [0.1, 0.15) is 79.6 Å². The predicted molar refractivity (Wildman–Crippen MR) is 133 cm³/mol. The Balaban J connectivity index is 1.87. The van der Waals surface area contributed by atoms with Crippen molar-refractivity contribution in [1.29, 1.82) is 0 Å². The van der Waals surface area contributed by atoms with Crippen LogP contribution in [0.3, 0.4) is 0 Å². The van der Waals surface area contributed by atoms with Gasteiger partial charge in [0.1, 0.15) is 11.4 Å². The highest BCUT2D eigenvalue weighted by molar-refractivity contribution is 5.98. The van der Waals surface area contributed by atoms with Gasteiger partial charge in [0.15, 0.2) is 11.6 Å². The first-order chi connectivity index (χ1) is 15.9. The SMILES string of the molecule is CC(C)(C)C(=O)c1cccc(CN(Cc2ccccn2)Cc2cccc(C(=O)C(C)(C)C)n2)n1. The zero-order valence-corrected chi connectivity index (χ0v) is 21.0. The van der Waals surface area contributed by atoms with Crippen LogP contribution in [0.25, 0.3) is 0 Å². The average molecular weight is 459 g/mol. The van der Waals surface area contributed by atoms with E-state index in [0.29, 0.717) is 31.0 Å². The Hall–Kier alpha value is -3.25. The summed E-state index contributed by atoms with van der Waals surface area (Å²) in [5, 5.41) is 0. The number of carbonyl (C=O) groups excluding carboxylic acids is 2. The first-order valence-electron chi connectivity index (χ1n) is 11.6. The van der Waals surface area contributed by atoms with Gasteiger partial charge in [-0.1, -0.05) is 59.7 Å². The number of pyridine rings is 3. The molecule has 34 heavy (non-hydrogen) atoms. The lowest BCUT2D eigenvalue weighted by Gasteiger charge is -2.23. The monoisotopic (exact) mass is 458 g/mol. The predicted octanol–water partition coefficient (Wildman–Crippen LogP) is 5.53. The molecule has 0 saturated carbocycles. The molecule has 3 heterocycles. The first kappa shape index (κ1) is 25.4. The van der Waals surface area contributed by atoms with E-state index in [1.165, 1.54) is 0 Å². The van der Waals surface area contributed by atoms with Gasteiger partial charge in [0, 0.05) is 36.7 Å². The molecule has 0 aliphatic rings. The maximum absolute atomic E-state index is 12.7. The van der Waals surface area contributed by atoms with Crippen LogP contribution in [0.2, 0.25) is 0 Å². The highest BCUT2D eigenvalue weighted by atomic mass is 16.1. The summed E-state index contributed by atoms with van der Waals surface area (Å²) in [5.74, 6) is 0.0290. The number of carbonyl (C=O) groups is 2. The van der Waals surface area contributed by atoms with Crippen molar-refractivity contribution in [3.63, 3.8) is 0 Å². The van der Waals surface area contributed by atoms with Crippen LogP contribution in [0.15, 0.2) is 60.8 Å². The van der Waals surface area contributed by atoms with Crippen molar-refractivity contribution in [2.75, 3.05) is 0 Å². The zero-order chi connectivity index (χ0) is 24.9. The average Bonchev–Trinajstić information content (AvgIpc) is 2.78. The fourth-order valence-corrected chi connectivity index (χ4v) is 3.50. The molecule has 0 atom stereocenters. The van der Waals surface area contributed by atoms with E-state index in [1.54, 1.807) is 18.3 Å². The Bertz CT molecular complexity index is 1070. The summed E-state index contributed by atoms with van der Waals surface area (Å²) in [5.41, 5.74) is 2.47. The summed E-state index contributed by atoms with van der Waals surface area (Å²) >= 11 is 0. The van der Waals surface area contributed by atoms with E-state index in [4.69, 9.17) is 0 Å². The molecule has 0 N–H and O–H groups in total. The maximum Gasteiger partial charge on any atom is 0.186 e. The smallest absolute Gasteiger partial charge is 0.186 e. The number of rotatable bonds is 8. The minimum atomic E-state index is -0.497. The molecule has 0 saturated heterocycles. The third-order valence-electron chi connectivity index (χ3n) is 5.32. The summed E-state index contributed by atoms with van der Waals surface area (Å²) in [7, 11) is 0. The fourth-order valence-electron chi connectivity index (χ4n) is 3.50. The van der Waals surface area contributed by atoms with Crippen LogP contribution in [0.4, 0.5) is 0 Å². The lowest BCUT2D eigenvalue weighted by molar-refractivity contribution is 0.0847. The molecule has 6 nitrogen and oxygen atoms in total. The number of nitrogens with zero attached hydrogens (tertiary/aromatic N) is 4. The van der Waals surface area contributed by atoms with Gasteiger partial charge in [-0.25, -0.2) is 9.97 Å². The molecular formula is C28H34N4O2. The Morgan fingerprint density at radius 3 is 1.50 bits per heavy atom. The molecule has 0 aliphatic carbocycles. The second-order valence-electron chi connectivity index (χ2n) is 10.7. The number of Topliss-reactive ketones (excluding diaryl/α,β-unsaturated/α-hetero) is 2. The zero-order valence-electron chi connectivity index (χ0n) is 21.0. The summed E-state index contributed by atoms with van der Waals surface area (Å²) < 4.78 is 0. The number of hydrogen-bond acceptors (Lipinski definition) is 6. The van der Waals surface area contributed by atoms with Gasteiger partial charge in [-0.3, -0.25) is 19.5 Å². The van der Waals surface area contributed by atoms with Crippen LogP contribution in [0.5, 0.6) is 0 Å². The Morgan fingerprint density at radius 1 is 0.647 bits per heavy atom. The van der Waals surface area contributed by atoms with Gasteiger partial charge in [0.25, 0.3) is 0 Å². The van der Waals surface area contributed by atoms with Crippen LogP contribution < -0.4 is 0 Å². The van der Waals surface area contributed by atoms with Crippen LogP contribution >= 0.6 is 0 Å². The first-order valence-corrected chi connectivity index (χ1v) is 11.6. The van der Waals surface area contributed by atoms with Gasteiger partial charge >= 0.3 is 0 Å². The van der Waals surface area contributed by atoms with E-state index >= 15 is 0 Å². The molecular weight excluding hydrogens is 424 g/mol. The normalized spacial score (nSPS) is 12.1. The summed E-state index contributed by atoms with van der Waals surface area (Å²) in [6.45, 7) is 13.0. The topological polar surface area (TPSA) is 76.1 Å². The van der Waals surface area contributed by atoms with E-state index < -0.39 is 10.8 Å². The standard InChI is InChI=1S/C28H34N4O2/c1-27(2,3)25(33)23-14-9-12-21(30-23)18-32(17-20-11-7-8-16-29-20)19-22-13-10-15-24(31-22)26(34)28(4,5)6/h7-16H,17-19H2,1-6H3. The number of ketones is 2. The van der Waals surface area contributed by atoms with Gasteiger partial charge in [-0.15, -0.1) is 0 Å². The van der Waals surface area contributed by atoms with Crippen LogP contribution in [-0.4, -0.2) is 31.4 Å². The van der Waals surface area contributed by atoms with Crippen molar-refractivity contribution in [3.05, 3.63) is 89.3 Å². The lowest BCUT2D eigenvalue weighted by atomic mass is 9.89. The minimum Gasteiger partial charge on any atom is -0.292 e. The summed E-state index contributed by atoms with van der Waals surface area (Å²) in [4.78, 5) is 41.4. The molecule has 0 bridgehead atoms. The Kier molecular flexibility index (Phi) is 7.72. The third kappa shape index (κ3) is 6.87. The molecule has 3 aromatic rings. The van der Waals surface area contributed by atoms with E-state index in [0.717, 1.165) is 17.1 Å². The maximum atomic E-state index is 12.7. The van der Waals surface area contributed by atoms with E-state index in [9.17, 15) is 9.59 Å². The fraction of sp³-hybridized carbons (Fsp3) is 0.393. The Morgan fingerprint density at radius 2 is 1.09 bits per heavy atom. The third-order valence-corrected chi connectivity index (χ3v) is 5.32. The molecule has 0 unspecified atom stereocenters. The molecule has 0 radical (unpaired) electrons.